The van der Waals surface area contributed by atoms with Gasteiger partial charge in [-0.3, -0.25) is 0 Å². The number of terminal acetylenes is 1. The normalized spacial score (nSPS) is 18.3. The second-order valence-electron chi connectivity index (χ2n) is 8.37. The van der Waals surface area contributed by atoms with Gasteiger partial charge in [0.05, 0.1) is 17.1 Å². The summed E-state index contributed by atoms with van der Waals surface area (Å²) in [4.78, 5) is 0. The molecule has 4 rings (SSSR count). The number of hydrogen-bond donors (Lipinski definition) is 1. The molecule has 1 aliphatic heterocycles. The van der Waals surface area contributed by atoms with E-state index >= 15 is 0 Å². The van der Waals surface area contributed by atoms with E-state index in [0.717, 1.165) is 31.2 Å². The fourth-order valence-electron chi connectivity index (χ4n) is 4.31. The molecule has 8 nitrogen and oxygen atoms in total. The lowest BCUT2D eigenvalue weighted by atomic mass is 9.95. The van der Waals surface area contributed by atoms with Gasteiger partial charge >= 0.3 is 6.61 Å². The summed E-state index contributed by atoms with van der Waals surface area (Å²) in [6, 6.07) is 4.56. The molecule has 1 aromatic carbocycles. The summed E-state index contributed by atoms with van der Waals surface area (Å²) in [6.07, 6.45) is 12.9. The quantitative estimate of drug-likeness (QED) is 0.456. The van der Waals surface area contributed by atoms with Crippen molar-refractivity contribution in [2.75, 3.05) is 6.54 Å². The van der Waals surface area contributed by atoms with Gasteiger partial charge in [-0.05, 0) is 41.0 Å². The molecule has 2 aromatic rings. The predicted molar refractivity (Wildman–Crippen MR) is 118 cm³/mol. The van der Waals surface area contributed by atoms with Crippen LogP contribution in [0, 0.1) is 12.3 Å². The summed E-state index contributed by atoms with van der Waals surface area (Å²) in [7, 11) is 0. The van der Waals surface area contributed by atoms with Gasteiger partial charge in [0.1, 0.15) is 5.75 Å². The highest BCUT2D eigenvalue weighted by molar-refractivity contribution is 6.32. The van der Waals surface area contributed by atoms with Crippen molar-refractivity contribution in [2.24, 2.45) is 10.2 Å². The molecule has 1 N–H and O–H groups in total. The molecule has 0 amide bonds. The number of hydrogen-bond acceptors (Lipinski definition) is 7. The van der Waals surface area contributed by atoms with Gasteiger partial charge in [0.15, 0.2) is 11.5 Å². The minimum absolute atomic E-state index is 0.0788. The first kappa shape index (κ1) is 23.5. The van der Waals surface area contributed by atoms with Gasteiger partial charge in [-0.1, -0.05) is 36.9 Å². The van der Waals surface area contributed by atoms with Crippen LogP contribution in [0.2, 0.25) is 5.02 Å². The van der Waals surface area contributed by atoms with Crippen LogP contribution in [-0.4, -0.2) is 39.0 Å². The molecule has 1 unspecified atom stereocenters. The highest BCUT2D eigenvalue weighted by Crippen LogP contribution is 2.37. The number of halogens is 3. The Kier molecular flexibility index (Phi) is 7.50. The van der Waals surface area contributed by atoms with Gasteiger partial charge in [0, 0.05) is 25.8 Å². The summed E-state index contributed by atoms with van der Waals surface area (Å²) >= 11 is 6.25. The fraction of sp³-hybridized carbons (Fsp3) is 0.591. The third-order valence-electron chi connectivity index (χ3n) is 6.13. The fourth-order valence-corrected chi connectivity index (χ4v) is 4.54. The van der Waals surface area contributed by atoms with Crippen LogP contribution < -0.4 is 10.1 Å². The zero-order valence-electron chi connectivity index (χ0n) is 18.1. The highest BCUT2D eigenvalue weighted by Gasteiger charge is 2.39. The van der Waals surface area contributed by atoms with E-state index < -0.39 is 18.3 Å². The minimum Gasteiger partial charge on any atom is -0.433 e. The Balaban J connectivity index is 1.56. The molecule has 33 heavy (non-hydrogen) atoms. The van der Waals surface area contributed by atoms with Crippen LogP contribution in [0.1, 0.15) is 74.8 Å². The Morgan fingerprint density at radius 3 is 2.70 bits per heavy atom. The molecule has 11 heteroatoms. The molecule has 0 saturated heterocycles. The van der Waals surface area contributed by atoms with Crippen LogP contribution in [0.4, 0.5) is 8.78 Å². The summed E-state index contributed by atoms with van der Waals surface area (Å²) in [5.41, 5.74) is 0.321. The van der Waals surface area contributed by atoms with E-state index in [1.54, 1.807) is 12.1 Å². The van der Waals surface area contributed by atoms with E-state index in [9.17, 15) is 8.78 Å². The van der Waals surface area contributed by atoms with Crippen molar-refractivity contribution in [3.63, 3.8) is 0 Å². The lowest BCUT2D eigenvalue weighted by Crippen LogP contribution is -2.31. The summed E-state index contributed by atoms with van der Waals surface area (Å²) in [5.74, 6) is 3.21. The largest absolute Gasteiger partial charge is 0.433 e. The van der Waals surface area contributed by atoms with Gasteiger partial charge in [-0.15, -0.1) is 17.4 Å². The van der Waals surface area contributed by atoms with E-state index in [-0.39, 0.29) is 16.8 Å². The van der Waals surface area contributed by atoms with Crippen LogP contribution in [0.3, 0.4) is 0 Å². The number of nitrogens with one attached hydrogen (secondary N) is 1. The minimum atomic E-state index is -2.95. The molecule has 2 aliphatic rings. The van der Waals surface area contributed by atoms with Crippen LogP contribution in [-0.2, 0) is 0 Å². The first-order valence-electron chi connectivity index (χ1n) is 11.1. The Morgan fingerprint density at radius 2 is 2.03 bits per heavy atom. The first-order chi connectivity index (χ1) is 16.0. The summed E-state index contributed by atoms with van der Waals surface area (Å²) in [5, 5.41) is 24.5. The van der Waals surface area contributed by atoms with Crippen molar-refractivity contribution >= 4 is 11.6 Å². The molecule has 2 heterocycles. The third-order valence-corrected chi connectivity index (χ3v) is 6.42. The maximum absolute atomic E-state index is 12.7. The highest BCUT2D eigenvalue weighted by atomic mass is 35.5. The monoisotopic (exact) mass is 477 g/mol. The molecular formula is C22H26ClF2N7O. The molecule has 1 aliphatic carbocycles. The number of aromatic nitrogens is 4. The lowest BCUT2D eigenvalue weighted by Gasteiger charge is -2.26. The number of alkyl halides is 2. The van der Waals surface area contributed by atoms with Crippen molar-refractivity contribution in [2.45, 2.75) is 75.7 Å². The number of ether oxygens (including phenoxy) is 1. The van der Waals surface area contributed by atoms with Gasteiger partial charge in [-0.25, -0.2) is 4.68 Å². The van der Waals surface area contributed by atoms with Gasteiger partial charge in [-0.2, -0.15) is 19.0 Å². The molecule has 0 bridgehead atoms. The van der Waals surface area contributed by atoms with Crippen molar-refractivity contribution in [1.82, 2.24) is 25.5 Å². The molecule has 0 spiro atoms. The van der Waals surface area contributed by atoms with Gasteiger partial charge < -0.3 is 10.1 Å². The van der Waals surface area contributed by atoms with Crippen LogP contribution in [0.15, 0.2) is 28.4 Å². The summed E-state index contributed by atoms with van der Waals surface area (Å²) < 4.78 is 31.7. The molecule has 0 radical (unpaired) electrons. The van der Waals surface area contributed by atoms with E-state index in [0.29, 0.717) is 31.6 Å². The van der Waals surface area contributed by atoms with Crippen molar-refractivity contribution in [1.29, 1.82) is 0 Å². The van der Waals surface area contributed by atoms with Gasteiger partial charge in [0.25, 0.3) is 0 Å². The Morgan fingerprint density at radius 1 is 1.24 bits per heavy atom. The predicted octanol–water partition coefficient (Wildman–Crippen LogP) is 5.08. The standard InChI is InChI=1S/C22H26ClF2N7O/c1-2-3-11-22(28-29-22)12-13-26-19(15-9-10-18(17(23)14-15)33-21(24)25)20-27-30-31-32(20)16-7-5-4-6-8-16/h1,9-10,14,16,19,21,26H,3-8,11-13H2. The zero-order chi connectivity index (χ0) is 23.3. The lowest BCUT2D eigenvalue weighted by molar-refractivity contribution is -0.0497. The van der Waals surface area contributed by atoms with Crippen LogP contribution >= 0.6 is 11.6 Å². The Bertz CT molecular complexity index is 1010. The van der Waals surface area contributed by atoms with Gasteiger partial charge in [0.2, 0.25) is 0 Å². The van der Waals surface area contributed by atoms with Crippen molar-refractivity contribution < 1.29 is 13.5 Å². The molecule has 1 fully saturated rings. The topological polar surface area (TPSA) is 89.6 Å². The van der Waals surface area contributed by atoms with Crippen LogP contribution in [0.5, 0.6) is 5.75 Å². The zero-order valence-corrected chi connectivity index (χ0v) is 18.9. The first-order valence-corrected chi connectivity index (χ1v) is 11.5. The maximum atomic E-state index is 12.7. The molecular weight excluding hydrogens is 452 g/mol. The Labute approximate surface area is 196 Å². The second-order valence-corrected chi connectivity index (χ2v) is 8.77. The maximum Gasteiger partial charge on any atom is 0.387 e. The summed E-state index contributed by atoms with van der Waals surface area (Å²) in [6.45, 7) is -2.38. The van der Waals surface area contributed by atoms with E-state index in [1.165, 1.54) is 12.5 Å². The average Bonchev–Trinajstić information content (AvgIpc) is 3.41. The van der Waals surface area contributed by atoms with Crippen molar-refractivity contribution in [3.05, 3.63) is 34.6 Å². The Hall–Kier alpha value is -2.64. The number of rotatable bonds is 11. The second kappa shape index (κ2) is 10.5. The van der Waals surface area contributed by atoms with E-state index in [2.05, 4.69) is 41.7 Å². The van der Waals surface area contributed by atoms with E-state index in [1.807, 2.05) is 4.68 Å². The van der Waals surface area contributed by atoms with E-state index in [4.69, 9.17) is 18.0 Å². The molecule has 176 valence electrons. The van der Waals surface area contributed by atoms with Crippen LogP contribution in [0.25, 0.3) is 0 Å². The molecule has 1 saturated carbocycles. The average molecular weight is 478 g/mol. The SMILES string of the molecule is C#CCCC1(CCNC(c2ccc(OC(F)F)c(Cl)c2)c2nnnn2C2CCCCC2)N=N1. The number of tetrazole rings is 1. The number of nitrogens with zero attached hydrogens (tertiary/aromatic N) is 6. The smallest absolute Gasteiger partial charge is 0.387 e. The van der Waals surface area contributed by atoms with Crippen molar-refractivity contribution in [3.8, 4) is 18.1 Å². The molecule has 1 aromatic heterocycles. The third kappa shape index (κ3) is 5.84. The number of benzene rings is 1. The molecule has 1 atom stereocenters.